The first-order chi connectivity index (χ1) is 13.5. The number of hydrogen-bond acceptors (Lipinski definition) is 8. The minimum absolute atomic E-state index is 0.153. The Morgan fingerprint density at radius 1 is 1.00 bits per heavy atom. The van der Waals surface area contributed by atoms with Crippen molar-refractivity contribution < 1.29 is 14.3 Å². The summed E-state index contributed by atoms with van der Waals surface area (Å²) in [5.74, 6) is 0.960. The molecule has 0 unspecified atom stereocenters. The second kappa shape index (κ2) is 8.81. The van der Waals surface area contributed by atoms with Gasteiger partial charge in [0.25, 0.3) is 0 Å². The number of hydrogen-bond donors (Lipinski definition) is 1. The molecule has 0 radical (unpaired) electrons. The Bertz CT molecular complexity index is 930. The highest BCUT2D eigenvalue weighted by atomic mass is 16.5. The number of ether oxygens (including phenoxy) is 2. The van der Waals surface area contributed by atoms with E-state index < -0.39 is 5.97 Å². The summed E-state index contributed by atoms with van der Waals surface area (Å²) in [5.41, 5.74) is 1.54. The van der Waals surface area contributed by atoms with Crippen LogP contribution in [0.1, 0.15) is 15.9 Å². The SMILES string of the molecule is COC(=O)c1ccc(Oc2nc(NCc3ccccc3)nc(N(C)C)n2)cc1. The number of methoxy groups -OCH3 is 1. The van der Waals surface area contributed by atoms with Crippen molar-refractivity contribution in [2.75, 3.05) is 31.4 Å². The standard InChI is InChI=1S/C20H21N5O3/c1-25(2)19-22-18(21-13-14-7-5-4-6-8-14)23-20(24-19)28-16-11-9-15(10-12-16)17(26)27-3/h4-12H,13H2,1-3H3,(H,21,22,23,24). The third kappa shape index (κ3) is 4.94. The molecule has 0 saturated carbocycles. The van der Waals surface area contributed by atoms with Crippen LogP contribution >= 0.6 is 0 Å². The maximum absolute atomic E-state index is 11.5. The molecule has 0 saturated heterocycles. The minimum atomic E-state index is -0.408. The first-order valence-corrected chi connectivity index (χ1v) is 8.62. The van der Waals surface area contributed by atoms with Gasteiger partial charge in [0.1, 0.15) is 5.75 Å². The van der Waals surface area contributed by atoms with Gasteiger partial charge in [0.15, 0.2) is 0 Å². The van der Waals surface area contributed by atoms with E-state index in [2.05, 4.69) is 25.0 Å². The van der Waals surface area contributed by atoms with E-state index >= 15 is 0 Å². The Hall–Kier alpha value is -3.68. The van der Waals surface area contributed by atoms with Crippen molar-refractivity contribution in [1.29, 1.82) is 0 Å². The molecule has 0 fully saturated rings. The number of nitrogens with one attached hydrogen (secondary N) is 1. The van der Waals surface area contributed by atoms with Crippen LogP contribution in [0.2, 0.25) is 0 Å². The Kier molecular flexibility index (Phi) is 6.01. The summed E-state index contributed by atoms with van der Waals surface area (Å²) in [6.07, 6.45) is 0. The Labute approximate surface area is 163 Å². The molecule has 3 rings (SSSR count). The second-order valence-electron chi connectivity index (χ2n) is 6.09. The minimum Gasteiger partial charge on any atom is -0.465 e. The summed E-state index contributed by atoms with van der Waals surface area (Å²) in [7, 11) is 5.01. The Morgan fingerprint density at radius 2 is 1.71 bits per heavy atom. The molecular formula is C20H21N5O3. The van der Waals surface area contributed by atoms with Crippen molar-refractivity contribution in [3.05, 3.63) is 65.7 Å². The summed E-state index contributed by atoms with van der Waals surface area (Å²) in [6, 6.07) is 16.6. The van der Waals surface area contributed by atoms with E-state index in [4.69, 9.17) is 4.74 Å². The second-order valence-corrected chi connectivity index (χ2v) is 6.09. The molecule has 0 aliphatic rings. The summed E-state index contributed by atoms with van der Waals surface area (Å²) in [6.45, 7) is 0.574. The Morgan fingerprint density at radius 3 is 2.36 bits per heavy atom. The fourth-order valence-corrected chi connectivity index (χ4v) is 2.33. The lowest BCUT2D eigenvalue weighted by atomic mass is 10.2. The van der Waals surface area contributed by atoms with Crippen LogP contribution in [0.4, 0.5) is 11.9 Å². The van der Waals surface area contributed by atoms with E-state index in [1.165, 1.54) is 7.11 Å². The molecule has 0 amide bonds. The van der Waals surface area contributed by atoms with Crippen molar-refractivity contribution >= 4 is 17.9 Å². The molecule has 1 N–H and O–H groups in total. The molecule has 2 aromatic carbocycles. The maximum atomic E-state index is 11.5. The zero-order chi connectivity index (χ0) is 19.9. The van der Waals surface area contributed by atoms with Crippen LogP contribution in [-0.2, 0) is 11.3 Å². The molecule has 0 bridgehead atoms. The lowest BCUT2D eigenvalue weighted by Crippen LogP contribution is -2.15. The van der Waals surface area contributed by atoms with Crippen molar-refractivity contribution in [3.63, 3.8) is 0 Å². The number of aromatic nitrogens is 3. The van der Waals surface area contributed by atoms with Gasteiger partial charge in [0.2, 0.25) is 11.9 Å². The number of carbonyl (C=O) groups excluding carboxylic acids is 1. The molecule has 1 heterocycles. The number of benzene rings is 2. The number of carbonyl (C=O) groups is 1. The van der Waals surface area contributed by atoms with E-state index in [1.54, 1.807) is 29.2 Å². The van der Waals surface area contributed by atoms with Gasteiger partial charge in [0, 0.05) is 20.6 Å². The monoisotopic (exact) mass is 379 g/mol. The van der Waals surface area contributed by atoms with E-state index in [9.17, 15) is 4.79 Å². The zero-order valence-electron chi connectivity index (χ0n) is 15.9. The molecule has 1 aromatic heterocycles. The first-order valence-electron chi connectivity index (χ1n) is 8.62. The van der Waals surface area contributed by atoms with Crippen LogP contribution in [0.25, 0.3) is 0 Å². The smallest absolute Gasteiger partial charge is 0.337 e. The fraction of sp³-hybridized carbons (Fsp3) is 0.200. The molecule has 8 heteroatoms. The van der Waals surface area contributed by atoms with Crippen LogP contribution < -0.4 is 15.0 Å². The first kappa shape index (κ1) is 19.1. The van der Waals surface area contributed by atoms with Gasteiger partial charge in [-0.2, -0.15) is 15.0 Å². The summed E-state index contributed by atoms with van der Waals surface area (Å²) in [4.78, 5) is 26.3. The zero-order valence-corrected chi connectivity index (χ0v) is 15.9. The summed E-state index contributed by atoms with van der Waals surface area (Å²) < 4.78 is 10.4. The predicted octanol–water partition coefficient (Wildman–Crippen LogP) is 3.13. The van der Waals surface area contributed by atoms with Crippen LogP contribution in [0.5, 0.6) is 11.8 Å². The molecule has 3 aromatic rings. The highest BCUT2D eigenvalue weighted by Crippen LogP contribution is 2.21. The maximum Gasteiger partial charge on any atom is 0.337 e. The highest BCUT2D eigenvalue weighted by Gasteiger charge is 2.11. The van der Waals surface area contributed by atoms with Crippen LogP contribution in [0.3, 0.4) is 0 Å². The van der Waals surface area contributed by atoms with Gasteiger partial charge in [-0.3, -0.25) is 0 Å². The van der Waals surface area contributed by atoms with Crippen LogP contribution in [0.15, 0.2) is 54.6 Å². The normalized spacial score (nSPS) is 10.2. The van der Waals surface area contributed by atoms with E-state index in [0.717, 1.165) is 5.56 Å². The van der Waals surface area contributed by atoms with Gasteiger partial charge in [-0.15, -0.1) is 0 Å². The third-order valence-electron chi connectivity index (χ3n) is 3.78. The predicted molar refractivity (Wildman–Crippen MR) is 106 cm³/mol. The Balaban J connectivity index is 1.78. The van der Waals surface area contributed by atoms with Crippen molar-refractivity contribution in [3.8, 4) is 11.8 Å². The average molecular weight is 379 g/mol. The quantitative estimate of drug-likeness (QED) is 0.626. The van der Waals surface area contributed by atoms with Crippen molar-refractivity contribution in [1.82, 2.24) is 15.0 Å². The van der Waals surface area contributed by atoms with Gasteiger partial charge < -0.3 is 19.7 Å². The van der Waals surface area contributed by atoms with E-state index in [0.29, 0.717) is 29.8 Å². The number of nitrogens with zero attached hydrogens (tertiary/aromatic N) is 4. The topological polar surface area (TPSA) is 89.5 Å². The van der Waals surface area contributed by atoms with Gasteiger partial charge in [0.05, 0.1) is 12.7 Å². The van der Waals surface area contributed by atoms with E-state index in [1.807, 2.05) is 44.4 Å². The molecule has 0 spiro atoms. The van der Waals surface area contributed by atoms with Gasteiger partial charge in [-0.1, -0.05) is 30.3 Å². The largest absolute Gasteiger partial charge is 0.465 e. The number of anilines is 2. The molecule has 0 aliphatic heterocycles. The molecule has 28 heavy (non-hydrogen) atoms. The lowest BCUT2D eigenvalue weighted by molar-refractivity contribution is 0.0600. The number of esters is 1. The average Bonchev–Trinajstić information content (AvgIpc) is 2.73. The third-order valence-corrected chi connectivity index (χ3v) is 3.78. The van der Waals surface area contributed by atoms with Crippen molar-refractivity contribution in [2.45, 2.75) is 6.54 Å². The molecular weight excluding hydrogens is 358 g/mol. The highest BCUT2D eigenvalue weighted by molar-refractivity contribution is 5.89. The molecule has 144 valence electrons. The van der Waals surface area contributed by atoms with E-state index in [-0.39, 0.29) is 6.01 Å². The van der Waals surface area contributed by atoms with Gasteiger partial charge in [-0.25, -0.2) is 4.79 Å². The lowest BCUT2D eigenvalue weighted by Gasteiger charge is -2.13. The van der Waals surface area contributed by atoms with Crippen molar-refractivity contribution in [2.24, 2.45) is 0 Å². The van der Waals surface area contributed by atoms with Gasteiger partial charge in [-0.05, 0) is 29.8 Å². The van der Waals surface area contributed by atoms with Crippen LogP contribution in [-0.4, -0.2) is 42.1 Å². The molecule has 0 atom stereocenters. The molecule has 0 aliphatic carbocycles. The summed E-state index contributed by atoms with van der Waals surface area (Å²) >= 11 is 0. The summed E-state index contributed by atoms with van der Waals surface area (Å²) in [5, 5.41) is 3.18. The molecule has 8 nitrogen and oxygen atoms in total. The van der Waals surface area contributed by atoms with Gasteiger partial charge >= 0.3 is 12.0 Å². The fourth-order valence-electron chi connectivity index (χ4n) is 2.33. The van der Waals surface area contributed by atoms with Crippen LogP contribution in [0, 0.1) is 0 Å². The number of rotatable bonds is 7.